The van der Waals surface area contributed by atoms with E-state index in [1.807, 2.05) is 44.2 Å². The van der Waals surface area contributed by atoms with Gasteiger partial charge in [-0.15, -0.1) is 0 Å². The number of benzene rings is 2. The maximum Gasteiger partial charge on any atom is 0.264 e. The SMILES string of the molecule is CC(C)NC(=O)c1ccc2c(c1)N(C)C(=O)/C(=C/c1cccc(Cl)c1)S2. The van der Waals surface area contributed by atoms with Crippen molar-refractivity contribution in [1.82, 2.24) is 5.32 Å². The van der Waals surface area contributed by atoms with Gasteiger partial charge >= 0.3 is 0 Å². The van der Waals surface area contributed by atoms with Crippen LogP contribution in [0, 0.1) is 0 Å². The van der Waals surface area contributed by atoms with Gasteiger partial charge in [0, 0.05) is 28.6 Å². The molecule has 2 amide bonds. The number of hydrogen-bond acceptors (Lipinski definition) is 3. The van der Waals surface area contributed by atoms with Crippen molar-refractivity contribution < 1.29 is 9.59 Å². The van der Waals surface area contributed by atoms with Crippen LogP contribution in [0.2, 0.25) is 5.02 Å². The fraction of sp³-hybridized carbons (Fsp3) is 0.200. The van der Waals surface area contributed by atoms with E-state index in [0.717, 1.165) is 16.1 Å². The van der Waals surface area contributed by atoms with Crippen molar-refractivity contribution >= 4 is 46.9 Å². The molecule has 134 valence electrons. The number of likely N-dealkylation sites (N-methyl/N-ethyl adjacent to an activating group) is 1. The minimum Gasteiger partial charge on any atom is -0.350 e. The Balaban J connectivity index is 1.93. The van der Waals surface area contributed by atoms with E-state index < -0.39 is 0 Å². The Morgan fingerprint density at radius 3 is 2.69 bits per heavy atom. The lowest BCUT2D eigenvalue weighted by molar-refractivity contribution is -0.114. The Kier molecular flexibility index (Phi) is 5.39. The summed E-state index contributed by atoms with van der Waals surface area (Å²) in [5, 5.41) is 3.49. The van der Waals surface area contributed by atoms with E-state index in [4.69, 9.17) is 11.6 Å². The number of amides is 2. The summed E-state index contributed by atoms with van der Waals surface area (Å²) in [7, 11) is 1.72. The van der Waals surface area contributed by atoms with Crippen molar-refractivity contribution in [3.05, 3.63) is 63.5 Å². The predicted octanol–water partition coefficient (Wildman–Crippen LogP) is 4.59. The summed E-state index contributed by atoms with van der Waals surface area (Å²) in [4.78, 5) is 28.1. The molecule has 0 atom stereocenters. The van der Waals surface area contributed by atoms with Gasteiger partial charge in [0.25, 0.3) is 11.8 Å². The van der Waals surface area contributed by atoms with Crippen molar-refractivity contribution in [2.24, 2.45) is 0 Å². The fourth-order valence-electron chi connectivity index (χ4n) is 2.63. The number of hydrogen-bond donors (Lipinski definition) is 1. The molecule has 0 aromatic heterocycles. The zero-order chi connectivity index (χ0) is 18.8. The van der Waals surface area contributed by atoms with Gasteiger partial charge in [0.2, 0.25) is 0 Å². The van der Waals surface area contributed by atoms with Crippen LogP contribution in [0.3, 0.4) is 0 Å². The van der Waals surface area contributed by atoms with Gasteiger partial charge in [0.1, 0.15) is 0 Å². The lowest BCUT2D eigenvalue weighted by Gasteiger charge is -2.27. The van der Waals surface area contributed by atoms with Crippen LogP contribution in [-0.2, 0) is 4.79 Å². The molecule has 26 heavy (non-hydrogen) atoms. The third-order valence-electron chi connectivity index (χ3n) is 3.88. The summed E-state index contributed by atoms with van der Waals surface area (Å²) in [6.07, 6.45) is 1.83. The second-order valence-corrected chi connectivity index (χ2v) is 7.86. The van der Waals surface area contributed by atoms with E-state index in [1.165, 1.54) is 11.8 Å². The van der Waals surface area contributed by atoms with Crippen LogP contribution in [0.1, 0.15) is 29.8 Å². The van der Waals surface area contributed by atoms with Crippen LogP contribution in [0.4, 0.5) is 5.69 Å². The lowest BCUT2D eigenvalue weighted by Crippen LogP contribution is -2.32. The molecule has 0 aliphatic carbocycles. The van der Waals surface area contributed by atoms with E-state index in [1.54, 1.807) is 30.1 Å². The molecule has 2 aromatic rings. The van der Waals surface area contributed by atoms with Gasteiger partial charge in [0.05, 0.1) is 10.6 Å². The van der Waals surface area contributed by atoms with E-state index in [-0.39, 0.29) is 17.9 Å². The highest BCUT2D eigenvalue weighted by atomic mass is 35.5. The summed E-state index contributed by atoms with van der Waals surface area (Å²) >= 11 is 7.42. The van der Waals surface area contributed by atoms with Gasteiger partial charge in [0.15, 0.2) is 0 Å². The summed E-state index contributed by atoms with van der Waals surface area (Å²) in [6.45, 7) is 3.82. The molecular formula is C20H19ClN2O2S. The number of thioether (sulfide) groups is 1. The summed E-state index contributed by atoms with van der Waals surface area (Å²) < 4.78 is 0. The number of nitrogens with one attached hydrogen (secondary N) is 1. The molecule has 1 heterocycles. The first-order chi connectivity index (χ1) is 12.3. The van der Waals surface area contributed by atoms with Gasteiger partial charge < -0.3 is 10.2 Å². The molecule has 2 aromatic carbocycles. The minimum atomic E-state index is -0.145. The highest BCUT2D eigenvalue weighted by Crippen LogP contribution is 2.42. The molecule has 0 fully saturated rings. The molecule has 0 spiro atoms. The molecule has 0 radical (unpaired) electrons. The second kappa shape index (κ2) is 7.56. The molecule has 6 heteroatoms. The first-order valence-electron chi connectivity index (χ1n) is 8.23. The summed E-state index contributed by atoms with van der Waals surface area (Å²) in [5.41, 5.74) is 2.15. The maximum absolute atomic E-state index is 12.7. The van der Waals surface area contributed by atoms with Gasteiger partial charge in [-0.1, -0.05) is 35.5 Å². The van der Waals surface area contributed by atoms with Crippen molar-refractivity contribution in [3.63, 3.8) is 0 Å². The first kappa shape index (κ1) is 18.5. The van der Waals surface area contributed by atoms with Crippen LogP contribution in [0.15, 0.2) is 52.3 Å². The predicted molar refractivity (Wildman–Crippen MR) is 108 cm³/mol. The van der Waals surface area contributed by atoms with Crippen LogP contribution in [-0.4, -0.2) is 24.9 Å². The van der Waals surface area contributed by atoms with Crippen molar-refractivity contribution in [2.75, 3.05) is 11.9 Å². The Labute approximate surface area is 162 Å². The molecule has 3 rings (SSSR count). The molecule has 1 N–H and O–H groups in total. The normalized spacial score (nSPS) is 15.3. The Morgan fingerprint density at radius 2 is 2.00 bits per heavy atom. The van der Waals surface area contributed by atoms with Crippen molar-refractivity contribution in [3.8, 4) is 0 Å². The van der Waals surface area contributed by atoms with Gasteiger partial charge in [-0.05, 0) is 55.8 Å². The number of carbonyl (C=O) groups is 2. The number of halogens is 1. The van der Waals surface area contributed by atoms with Crippen LogP contribution >= 0.6 is 23.4 Å². The van der Waals surface area contributed by atoms with Gasteiger partial charge in [-0.25, -0.2) is 0 Å². The standard InChI is InChI=1S/C20H19ClN2O2S/c1-12(2)22-19(24)14-7-8-17-16(11-14)23(3)20(25)18(26-17)10-13-5-4-6-15(21)9-13/h4-12H,1-3H3,(H,22,24)/b18-10-. The van der Waals surface area contributed by atoms with Gasteiger partial charge in [-0.2, -0.15) is 0 Å². The van der Waals surface area contributed by atoms with E-state index in [0.29, 0.717) is 15.5 Å². The average molecular weight is 387 g/mol. The third kappa shape index (κ3) is 3.94. The first-order valence-corrected chi connectivity index (χ1v) is 9.42. The van der Waals surface area contributed by atoms with Crippen LogP contribution in [0.25, 0.3) is 6.08 Å². The van der Waals surface area contributed by atoms with Gasteiger partial charge in [-0.3, -0.25) is 9.59 Å². The van der Waals surface area contributed by atoms with E-state index in [2.05, 4.69) is 5.32 Å². The number of fused-ring (bicyclic) bond motifs is 1. The fourth-order valence-corrected chi connectivity index (χ4v) is 3.92. The maximum atomic E-state index is 12.7. The Morgan fingerprint density at radius 1 is 1.23 bits per heavy atom. The molecule has 0 unspecified atom stereocenters. The zero-order valence-electron chi connectivity index (χ0n) is 14.7. The number of anilines is 1. The molecule has 0 saturated carbocycles. The third-order valence-corrected chi connectivity index (χ3v) is 5.20. The van der Waals surface area contributed by atoms with Crippen LogP contribution in [0.5, 0.6) is 0 Å². The highest BCUT2D eigenvalue weighted by Gasteiger charge is 2.27. The number of nitrogens with zero attached hydrogens (tertiary/aromatic N) is 1. The zero-order valence-corrected chi connectivity index (χ0v) is 16.3. The molecular weight excluding hydrogens is 368 g/mol. The van der Waals surface area contributed by atoms with E-state index >= 15 is 0 Å². The second-order valence-electron chi connectivity index (χ2n) is 6.34. The minimum absolute atomic E-state index is 0.0551. The quantitative estimate of drug-likeness (QED) is 0.785. The topological polar surface area (TPSA) is 49.4 Å². The molecule has 4 nitrogen and oxygen atoms in total. The number of rotatable bonds is 3. The highest BCUT2D eigenvalue weighted by molar-refractivity contribution is 8.04. The monoisotopic (exact) mass is 386 g/mol. The molecule has 0 bridgehead atoms. The van der Waals surface area contributed by atoms with Crippen LogP contribution < -0.4 is 10.2 Å². The Hall–Kier alpha value is -2.24. The Bertz CT molecular complexity index is 908. The largest absolute Gasteiger partial charge is 0.350 e. The molecule has 1 aliphatic rings. The summed E-state index contributed by atoms with van der Waals surface area (Å²) in [5.74, 6) is -0.252. The summed E-state index contributed by atoms with van der Waals surface area (Å²) in [6, 6.07) is 12.8. The molecule has 1 aliphatic heterocycles. The van der Waals surface area contributed by atoms with Crippen molar-refractivity contribution in [1.29, 1.82) is 0 Å². The van der Waals surface area contributed by atoms with E-state index in [9.17, 15) is 9.59 Å². The smallest absolute Gasteiger partial charge is 0.264 e. The average Bonchev–Trinajstić information content (AvgIpc) is 2.58. The number of carbonyl (C=O) groups excluding carboxylic acids is 2. The van der Waals surface area contributed by atoms with Crippen molar-refractivity contribution in [2.45, 2.75) is 24.8 Å². The molecule has 0 saturated heterocycles. The lowest BCUT2D eigenvalue weighted by atomic mass is 10.1.